The van der Waals surface area contributed by atoms with Crippen molar-refractivity contribution >= 4 is 5.96 Å². The van der Waals surface area contributed by atoms with Crippen LogP contribution in [0, 0.1) is 6.92 Å². The Kier molecular flexibility index (Phi) is 4.76. The zero-order chi connectivity index (χ0) is 13.7. The standard InChI is InChI=1S/C14H22N4O/c1-11-3-2-4-12(9-11)13(10-17-14(15)16)18-5-7-19-8-6-18/h2-4,9,13H,5-8,10H2,1H3,(H4,15,16,17). The highest BCUT2D eigenvalue weighted by molar-refractivity contribution is 5.75. The van der Waals surface area contributed by atoms with Crippen molar-refractivity contribution in [2.45, 2.75) is 13.0 Å². The number of ether oxygens (including phenoxy) is 1. The lowest BCUT2D eigenvalue weighted by molar-refractivity contribution is 0.0180. The highest BCUT2D eigenvalue weighted by atomic mass is 16.5. The molecule has 0 bridgehead atoms. The second kappa shape index (κ2) is 6.54. The van der Waals surface area contributed by atoms with Crippen LogP contribution in [0.1, 0.15) is 17.2 Å². The molecule has 1 aromatic carbocycles. The highest BCUT2D eigenvalue weighted by Gasteiger charge is 2.22. The summed E-state index contributed by atoms with van der Waals surface area (Å²) >= 11 is 0. The minimum absolute atomic E-state index is 0.144. The fourth-order valence-corrected chi connectivity index (χ4v) is 2.39. The van der Waals surface area contributed by atoms with Crippen molar-refractivity contribution in [2.75, 3.05) is 32.8 Å². The van der Waals surface area contributed by atoms with E-state index in [2.05, 4.69) is 41.1 Å². The van der Waals surface area contributed by atoms with Gasteiger partial charge in [0.05, 0.1) is 25.8 Å². The zero-order valence-corrected chi connectivity index (χ0v) is 11.4. The molecule has 1 unspecified atom stereocenters. The Labute approximate surface area is 114 Å². The van der Waals surface area contributed by atoms with Gasteiger partial charge in [-0.05, 0) is 12.5 Å². The number of guanidine groups is 1. The Hall–Kier alpha value is -1.59. The van der Waals surface area contributed by atoms with E-state index in [-0.39, 0.29) is 12.0 Å². The van der Waals surface area contributed by atoms with Gasteiger partial charge in [0.1, 0.15) is 0 Å². The number of hydrogen-bond acceptors (Lipinski definition) is 3. The van der Waals surface area contributed by atoms with Gasteiger partial charge in [-0.1, -0.05) is 29.8 Å². The van der Waals surface area contributed by atoms with E-state index in [0.29, 0.717) is 6.54 Å². The maximum absolute atomic E-state index is 5.46. The SMILES string of the molecule is Cc1cccc(C(CN=C(N)N)N2CCOCC2)c1. The lowest BCUT2D eigenvalue weighted by Gasteiger charge is -2.34. The number of nitrogens with two attached hydrogens (primary N) is 2. The number of benzene rings is 1. The summed E-state index contributed by atoms with van der Waals surface area (Å²) in [5, 5.41) is 0. The van der Waals surface area contributed by atoms with Crippen molar-refractivity contribution in [3.8, 4) is 0 Å². The maximum Gasteiger partial charge on any atom is 0.185 e. The first-order valence-corrected chi connectivity index (χ1v) is 6.60. The summed E-state index contributed by atoms with van der Waals surface area (Å²) in [5.41, 5.74) is 13.4. The molecule has 2 rings (SSSR count). The normalized spacial score (nSPS) is 17.9. The average Bonchev–Trinajstić information content (AvgIpc) is 2.40. The molecule has 1 fully saturated rings. The lowest BCUT2D eigenvalue weighted by atomic mass is 10.0. The molecule has 1 aliphatic rings. The van der Waals surface area contributed by atoms with Crippen LogP contribution >= 0.6 is 0 Å². The predicted octanol–water partition coefficient (Wildman–Crippen LogP) is 0.642. The van der Waals surface area contributed by atoms with Crippen molar-refractivity contribution in [3.63, 3.8) is 0 Å². The van der Waals surface area contributed by atoms with Crippen LogP contribution in [0.5, 0.6) is 0 Å². The molecule has 0 radical (unpaired) electrons. The summed E-state index contributed by atoms with van der Waals surface area (Å²) in [7, 11) is 0. The second-order valence-electron chi connectivity index (χ2n) is 4.84. The number of morpholine rings is 1. The van der Waals surface area contributed by atoms with Gasteiger partial charge >= 0.3 is 0 Å². The van der Waals surface area contributed by atoms with E-state index < -0.39 is 0 Å². The summed E-state index contributed by atoms with van der Waals surface area (Å²) in [6.45, 7) is 6.05. The molecule has 0 saturated carbocycles. The third-order valence-corrected chi connectivity index (χ3v) is 3.36. The summed E-state index contributed by atoms with van der Waals surface area (Å²) in [6.07, 6.45) is 0. The van der Waals surface area contributed by atoms with Gasteiger partial charge in [-0.15, -0.1) is 0 Å². The number of aryl methyl sites for hydroxylation is 1. The molecule has 0 amide bonds. The lowest BCUT2D eigenvalue weighted by Crippen LogP contribution is -2.40. The quantitative estimate of drug-likeness (QED) is 0.617. The minimum Gasteiger partial charge on any atom is -0.379 e. The second-order valence-corrected chi connectivity index (χ2v) is 4.84. The van der Waals surface area contributed by atoms with Gasteiger partial charge in [0, 0.05) is 13.1 Å². The van der Waals surface area contributed by atoms with E-state index in [1.165, 1.54) is 11.1 Å². The first-order valence-electron chi connectivity index (χ1n) is 6.60. The van der Waals surface area contributed by atoms with Crippen LogP contribution in [-0.2, 0) is 4.74 Å². The van der Waals surface area contributed by atoms with Crippen molar-refractivity contribution < 1.29 is 4.74 Å². The van der Waals surface area contributed by atoms with Crippen molar-refractivity contribution in [2.24, 2.45) is 16.5 Å². The predicted molar refractivity (Wildman–Crippen MR) is 77.0 cm³/mol. The van der Waals surface area contributed by atoms with Crippen LogP contribution in [0.3, 0.4) is 0 Å². The van der Waals surface area contributed by atoms with E-state index >= 15 is 0 Å². The van der Waals surface area contributed by atoms with Crippen molar-refractivity contribution in [1.82, 2.24) is 4.90 Å². The molecular weight excluding hydrogens is 240 g/mol. The summed E-state index contributed by atoms with van der Waals surface area (Å²) in [6, 6.07) is 8.72. The van der Waals surface area contributed by atoms with E-state index in [1.54, 1.807) is 0 Å². The number of rotatable bonds is 4. The number of aliphatic imine (C=N–C) groups is 1. The van der Waals surface area contributed by atoms with Gasteiger partial charge < -0.3 is 16.2 Å². The largest absolute Gasteiger partial charge is 0.379 e. The molecule has 1 atom stereocenters. The molecular formula is C14H22N4O. The van der Waals surface area contributed by atoms with Crippen LogP contribution in [0.4, 0.5) is 0 Å². The third-order valence-electron chi connectivity index (χ3n) is 3.36. The first kappa shape index (κ1) is 13.8. The molecule has 1 aromatic rings. The summed E-state index contributed by atoms with van der Waals surface area (Å²) in [4.78, 5) is 6.58. The van der Waals surface area contributed by atoms with E-state index in [0.717, 1.165) is 26.3 Å². The number of hydrogen-bond donors (Lipinski definition) is 2. The Balaban J connectivity index is 2.19. The van der Waals surface area contributed by atoms with Crippen LogP contribution in [0.25, 0.3) is 0 Å². The summed E-state index contributed by atoms with van der Waals surface area (Å²) < 4.78 is 5.41. The molecule has 5 nitrogen and oxygen atoms in total. The Morgan fingerprint density at radius 2 is 2.11 bits per heavy atom. The van der Waals surface area contributed by atoms with Gasteiger partial charge in [-0.25, -0.2) is 0 Å². The van der Waals surface area contributed by atoms with E-state index in [9.17, 15) is 0 Å². The first-order chi connectivity index (χ1) is 9.16. The van der Waals surface area contributed by atoms with E-state index in [4.69, 9.17) is 16.2 Å². The Bertz CT molecular complexity index is 437. The van der Waals surface area contributed by atoms with Crippen molar-refractivity contribution in [3.05, 3.63) is 35.4 Å². The molecule has 1 saturated heterocycles. The van der Waals surface area contributed by atoms with Crippen LogP contribution in [0.15, 0.2) is 29.3 Å². The Morgan fingerprint density at radius 1 is 1.37 bits per heavy atom. The summed E-state index contributed by atoms with van der Waals surface area (Å²) in [5.74, 6) is 0.144. The fourth-order valence-electron chi connectivity index (χ4n) is 2.39. The molecule has 0 aliphatic carbocycles. The van der Waals surface area contributed by atoms with Crippen molar-refractivity contribution in [1.29, 1.82) is 0 Å². The van der Waals surface area contributed by atoms with Gasteiger partial charge in [0.25, 0.3) is 0 Å². The van der Waals surface area contributed by atoms with Crippen LogP contribution in [-0.4, -0.2) is 43.7 Å². The molecule has 1 heterocycles. The van der Waals surface area contributed by atoms with E-state index in [1.807, 2.05) is 0 Å². The highest BCUT2D eigenvalue weighted by Crippen LogP contribution is 2.23. The average molecular weight is 262 g/mol. The van der Waals surface area contributed by atoms with Crippen LogP contribution < -0.4 is 11.5 Å². The third kappa shape index (κ3) is 3.94. The van der Waals surface area contributed by atoms with Gasteiger partial charge in [0.2, 0.25) is 0 Å². The number of nitrogens with zero attached hydrogens (tertiary/aromatic N) is 2. The van der Waals surface area contributed by atoms with Gasteiger partial charge in [-0.2, -0.15) is 0 Å². The molecule has 0 aromatic heterocycles. The monoisotopic (exact) mass is 262 g/mol. The molecule has 0 spiro atoms. The molecule has 5 heteroatoms. The van der Waals surface area contributed by atoms with Crippen LogP contribution in [0.2, 0.25) is 0 Å². The zero-order valence-electron chi connectivity index (χ0n) is 11.4. The molecule has 19 heavy (non-hydrogen) atoms. The minimum atomic E-state index is 0.144. The fraction of sp³-hybridized carbons (Fsp3) is 0.500. The van der Waals surface area contributed by atoms with Gasteiger partial charge in [0.15, 0.2) is 5.96 Å². The topological polar surface area (TPSA) is 76.9 Å². The molecule has 1 aliphatic heterocycles. The smallest absolute Gasteiger partial charge is 0.185 e. The molecule has 104 valence electrons. The van der Waals surface area contributed by atoms with Gasteiger partial charge in [-0.3, -0.25) is 9.89 Å². The Morgan fingerprint density at radius 3 is 2.74 bits per heavy atom. The maximum atomic E-state index is 5.46. The molecule has 4 N–H and O–H groups in total.